The van der Waals surface area contributed by atoms with Crippen molar-refractivity contribution in [3.8, 4) is 0 Å². The molecule has 1 unspecified atom stereocenters. The molecule has 1 aliphatic carbocycles. The van der Waals surface area contributed by atoms with Crippen molar-refractivity contribution in [3.63, 3.8) is 0 Å². The fraction of sp³-hybridized carbons (Fsp3) is 0.643. The summed E-state index contributed by atoms with van der Waals surface area (Å²) >= 11 is 0. The number of rotatable bonds is 6. The minimum Gasteiger partial charge on any atom is -0.344 e. The molecule has 1 fully saturated rings. The third-order valence-electron chi connectivity index (χ3n) is 4.32. The van der Waals surface area contributed by atoms with Crippen LogP contribution in [0.25, 0.3) is 0 Å². The molecule has 3 N–H and O–H groups in total. The highest BCUT2D eigenvalue weighted by Gasteiger charge is 2.34. The summed E-state index contributed by atoms with van der Waals surface area (Å²) in [7, 11) is 0. The highest BCUT2D eigenvalue weighted by atomic mass is 16.6. The molecule has 1 aromatic rings. The number of carbonyl (C=O) groups excluding carboxylic acids is 1. The molecule has 1 amide bonds. The summed E-state index contributed by atoms with van der Waals surface area (Å²) in [5.74, 6) is -0.151. The van der Waals surface area contributed by atoms with Gasteiger partial charge in [0.1, 0.15) is 5.69 Å². The number of amides is 1. The number of nitrogens with one attached hydrogen (secondary N) is 1. The Hall–Kier alpha value is -1.89. The molecule has 7 heteroatoms. The van der Waals surface area contributed by atoms with Crippen molar-refractivity contribution in [2.24, 2.45) is 11.7 Å². The molecule has 0 spiro atoms. The van der Waals surface area contributed by atoms with Gasteiger partial charge in [-0.05, 0) is 25.7 Å². The monoisotopic (exact) mass is 294 g/mol. The van der Waals surface area contributed by atoms with Gasteiger partial charge in [0, 0.05) is 18.7 Å². The van der Waals surface area contributed by atoms with Crippen LogP contribution >= 0.6 is 0 Å². The maximum atomic E-state index is 12.5. The molecule has 1 aliphatic rings. The van der Waals surface area contributed by atoms with Crippen LogP contribution in [0.4, 0.5) is 5.69 Å². The molecular weight excluding hydrogens is 272 g/mol. The Morgan fingerprint density at radius 2 is 2.24 bits per heavy atom. The lowest BCUT2D eigenvalue weighted by Crippen LogP contribution is -2.55. The number of nitrogens with two attached hydrogens (primary N) is 1. The fourth-order valence-corrected chi connectivity index (χ4v) is 2.16. The molecule has 0 saturated heterocycles. The van der Waals surface area contributed by atoms with Crippen LogP contribution in [0.2, 0.25) is 0 Å². The van der Waals surface area contributed by atoms with Gasteiger partial charge in [-0.25, -0.2) is 0 Å². The second-order valence-corrected chi connectivity index (χ2v) is 6.21. The molecular formula is C14H22N4O3. The lowest BCUT2D eigenvalue weighted by molar-refractivity contribution is -0.384. The second-order valence-electron chi connectivity index (χ2n) is 6.21. The van der Waals surface area contributed by atoms with Gasteiger partial charge in [0.05, 0.1) is 16.7 Å². The second kappa shape index (κ2) is 5.48. The Balaban J connectivity index is 2.28. The summed E-state index contributed by atoms with van der Waals surface area (Å²) in [6.45, 7) is 6.15. The van der Waals surface area contributed by atoms with E-state index in [4.69, 9.17) is 5.73 Å². The van der Waals surface area contributed by atoms with E-state index >= 15 is 0 Å². The van der Waals surface area contributed by atoms with Crippen molar-refractivity contribution in [1.82, 2.24) is 9.88 Å². The molecule has 1 saturated carbocycles. The van der Waals surface area contributed by atoms with Crippen LogP contribution in [0.3, 0.4) is 0 Å². The highest BCUT2D eigenvalue weighted by Crippen LogP contribution is 2.38. The number of hydrogen-bond acceptors (Lipinski definition) is 4. The minimum absolute atomic E-state index is 0.0500. The Bertz CT molecular complexity index is 563. The van der Waals surface area contributed by atoms with Crippen LogP contribution in [0, 0.1) is 16.0 Å². The smallest absolute Gasteiger partial charge is 0.287 e. The third kappa shape index (κ3) is 3.07. The van der Waals surface area contributed by atoms with Crippen LogP contribution in [0.5, 0.6) is 0 Å². The van der Waals surface area contributed by atoms with Gasteiger partial charge in [0.2, 0.25) is 0 Å². The summed E-state index contributed by atoms with van der Waals surface area (Å²) in [5.41, 5.74) is 5.52. The summed E-state index contributed by atoms with van der Waals surface area (Å²) < 4.78 is 1.71. The molecule has 7 nitrogen and oxygen atoms in total. The molecule has 2 rings (SSSR count). The van der Waals surface area contributed by atoms with E-state index in [0.29, 0.717) is 12.2 Å². The molecule has 0 bridgehead atoms. The molecule has 0 radical (unpaired) electrons. The normalized spacial score (nSPS) is 17.6. The molecule has 0 aromatic carbocycles. The van der Waals surface area contributed by atoms with E-state index in [9.17, 15) is 14.9 Å². The van der Waals surface area contributed by atoms with Crippen molar-refractivity contribution >= 4 is 11.6 Å². The van der Waals surface area contributed by atoms with Gasteiger partial charge in [-0.3, -0.25) is 14.9 Å². The topological polar surface area (TPSA) is 103 Å². The van der Waals surface area contributed by atoms with Gasteiger partial charge in [-0.15, -0.1) is 0 Å². The van der Waals surface area contributed by atoms with E-state index in [1.807, 2.05) is 20.8 Å². The molecule has 21 heavy (non-hydrogen) atoms. The molecule has 1 aromatic heterocycles. The van der Waals surface area contributed by atoms with Crippen molar-refractivity contribution in [3.05, 3.63) is 28.1 Å². The van der Waals surface area contributed by atoms with E-state index < -0.39 is 10.5 Å². The van der Waals surface area contributed by atoms with Gasteiger partial charge in [0.15, 0.2) is 0 Å². The van der Waals surface area contributed by atoms with E-state index in [-0.39, 0.29) is 23.6 Å². The Morgan fingerprint density at radius 3 is 2.67 bits per heavy atom. The number of carbonyl (C=O) groups is 1. The first-order chi connectivity index (χ1) is 9.78. The van der Waals surface area contributed by atoms with E-state index in [1.54, 1.807) is 4.57 Å². The predicted octanol–water partition coefficient (Wildman–Crippen LogP) is 1.83. The van der Waals surface area contributed by atoms with E-state index in [1.165, 1.54) is 12.3 Å². The fourth-order valence-electron chi connectivity index (χ4n) is 2.16. The maximum Gasteiger partial charge on any atom is 0.287 e. The lowest BCUT2D eigenvalue weighted by Gasteiger charge is -2.33. The van der Waals surface area contributed by atoms with Crippen molar-refractivity contribution in [1.29, 1.82) is 0 Å². The van der Waals surface area contributed by atoms with Crippen molar-refractivity contribution in [2.75, 3.05) is 6.54 Å². The van der Waals surface area contributed by atoms with Gasteiger partial charge in [0.25, 0.3) is 11.6 Å². The zero-order chi connectivity index (χ0) is 15.8. The Morgan fingerprint density at radius 1 is 1.62 bits per heavy atom. The standard InChI is InChI=1S/C14H22N4O3/c1-9(2)14(3,8-15)16-13(19)12-6-11(18(20)21)7-17(12)10-4-5-10/h6-7,9-10H,4-5,8,15H2,1-3H3,(H,16,19). The Labute approximate surface area is 123 Å². The first-order valence-electron chi connectivity index (χ1n) is 7.17. The van der Waals surface area contributed by atoms with Gasteiger partial charge in [-0.2, -0.15) is 0 Å². The van der Waals surface area contributed by atoms with Gasteiger partial charge >= 0.3 is 0 Å². The van der Waals surface area contributed by atoms with Crippen LogP contribution < -0.4 is 11.1 Å². The van der Waals surface area contributed by atoms with E-state index in [0.717, 1.165) is 12.8 Å². The van der Waals surface area contributed by atoms with Crippen LogP contribution in [0.1, 0.15) is 50.1 Å². The van der Waals surface area contributed by atoms with Gasteiger partial charge in [-0.1, -0.05) is 13.8 Å². The summed E-state index contributed by atoms with van der Waals surface area (Å²) in [6.07, 6.45) is 3.34. The van der Waals surface area contributed by atoms with Crippen LogP contribution in [0.15, 0.2) is 12.3 Å². The summed E-state index contributed by atoms with van der Waals surface area (Å²) in [5, 5.41) is 13.8. The molecule has 1 atom stereocenters. The van der Waals surface area contributed by atoms with Crippen molar-refractivity contribution < 1.29 is 9.72 Å². The first-order valence-corrected chi connectivity index (χ1v) is 7.17. The quantitative estimate of drug-likeness (QED) is 0.617. The molecule has 0 aliphatic heterocycles. The molecule has 1 heterocycles. The largest absolute Gasteiger partial charge is 0.344 e. The number of nitrogens with zero attached hydrogens (tertiary/aromatic N) is 2. The van der Waals surface area contributed by atoms with Crippen LogP contribution in [-0.4, -0.2) is 27.5 Å². The van der Waals surface area contributed by atoms with Crippen LogP contribution in [-0.2, 0) is 0 Å². The number of nitro groups is 1. The number of hydrogen-bond donors (Lipinski definition) is 2. The SMILES string of the molecule is CC(C)C(C)(CN)NC(=O)c1cc([N+](=O)[O-])cn1C1CC1. The predicted molar refractivity (Wildman–Crippen MR) is 79.1 cm³/mol. The molecule has 116 valence electrons. The average molecular weight is 294 g/mol. The highest BCUT2D eigenvalue weighted by molar-refractivity contribution is 5.94. The minimum atomic E-state index is -0.537. The van der Waals surface area contributed by atoms with Gasteiger partial charge < -0.3 is 15.6 Å². The average Bonchev–Trinajstić information content (AvgIpc) is 3.16. The first kappa shape index (κ1) is 15.5. The zero-order valence-corrected chi connectivity index (χ0v) is 12.6. The lowest BCUT2D eigenvalue weighted by atomic mass is 9.88. The van der Waals surface area contributed by atoms with Crippen molar-refractivity contribution in [2.45, 2.75) is 45.2 Å². The number of aromatic nitrogens is 1. The summed E-state index contributed by atoms with van der Waals surface area (Å²) in [6, 6.07) is 1.54. The van der Waals surface area contributed by atoms with E-state index in [2.05, 4.69) is 5.32 Å². The maximum absolute atomic E-state index is 12.5. The summed E-state index contributed by atoms with van der Waals surface area (Å²) in [4.78, 5) is 23.0. The third-order valence-corrected chi connectivity index (χ3v) is 4.32. The Kier molecular flexibility index (Phi) is 4.04. The zero-order valence-electron chi connectivity index (χ0n) is 12.6.